The van der Waals surface area contributed by atoms with E-state index in [-0.39, 0.29) is 6.04 Å². The highest BCUT2D eigenvalue weighted by Gasteiger charge is 2.24. The molecule has 0 bridgehead atoms. The van der Waals surface area contributed by atoms with Gasteiger partial charge in [0.25, 0.3) is 0 Å². The molecular weight excluding hydrogens is 404 g/mol. The Morgan fingerprint density at radius 3 is 2.63 bits per heavy atom. The van der Waals surface area contributed by atoms with E-state index in [4.69, 9.17) is 24.1 Å². The Morgan fingerprint density at radius 1 is 1.20 bits per heavy atom. The van der Waals surface area contributed by atoms with Gasteiger partial charge in [-0.2, -0.15) is 4.98 Å². The van der Waals surface area contributed by atoms with Gasteiger partial charge in [0.05, 0.1) is 18.2 Å². The van der Waals surface area contributed by atoms with E-state index in [1.54, 1.807) is 14.0 Å². The third-order valence-electron chi connectivity index (χ3n) is 4.65. The van der Waals surface area contributed by atoms with Crippen LogP contribution in [0.4, 0.5) is 5.69 Å². The molecule has 3 aromatic rings. The van der Waals surface area contributed by atoms with Crippen LogP contribution in [0.15, 0.2) is 40.9 Å². The number of benzene rings is 2. The van der Waals surface area contributed by atoms with Crippen LogP contribution in [0.2, 0.25) is 0 Å². The molecule has 1 aliphatic heterocycles. The number of thioether (sulfide) groups is 1. The Kier molecular flexibility index (Phi) is 5.80. The average Bonchev–Trinajstić information content (AvgIpc) is 3.22. The summed E-state index contributed by atoms with van der Waals surface area (Å²) in [6, 6.07) is 11.1. The van der Waals surface area contributed by atoms with Crippen molar-refractivity contribution in [1.82, 2.24) is 10.1 Å². The zero-order valence-corrected chi connectivity index (χ0v) is 17.7. The number of nitrogens with one attached hydrogen (secondary N) is 2. The van der Waals surface area contributed by atoms with Gasteiger partial charge in [-0.15, -0.1) is 11.8 Å². The molecule has 9 heteroatoms. The minimum absolute atomic E-state index is 0.372. The predicted octanol–water partition coefficient (Wildman–Crippen LogP) is 4.32. The molecule has 4 rings (SSSR count). The Bertz CT molecular complexity index is 1030. The molecule has 0 fully saturated rings. The zero-order chi connectivity index (χ0) is 21.1. The number of aryl methyl sites for hydroxylation is 1. The highest BCUT2D eigenvalue weighted by Crippen LogP contribution is 2.42. The standard InChI is InChI=1S/C21H22N4O4S/c1-12-23-21(25-29-12)13-4-6-15(7-5-13)24-18(20(22)30-3)14-10-16(26-2)19-17(11-14)27-8-9-28-19/h4-7,10-11,18,22,24H,8-9H2,1-3H3. The van der Waals surface area contributed by atoms with E-state index in [0.29, 0.717) is 47.2 Å². The minimum Gasteiger partial charge on any atom is -0.493 e. The molecule has 0 amide bonds. The van der Waals surface area contributed by atoms with Crippen LogP contribution in [-0.4, -0.2) is 41.8 Å². The topological polar surface area (TPSA) is 102 Å². The fraction of sp³-hybridized carbons (Fsp3) is 0.286. The van der Waals surface area contributed by atoms with Gasteiger partial charge in [-0.3, -0.25) is 5.41 Å². The first-order valence-electron chi connectivity index (χ1n) is 9.36. The molecular formula is C21H22N4O4S. The van der Waals surface area contributed by atoms with Gasteiger partial charge in [0.1, 0.15) is 13.2 Å². The van der Waals surface area contributed by atoms with Gasteiger partial charge < -0.3 is 24.1 Å². The summed E-state index contributed by atoms with van der Waals surface area (Å²) in [6.45, 7) is 2.72. The lowest BCUT2D eigenvalue weighted by molar-refractivity contribution is 0.165. The predicted molar refractivity (Wildman–Crippen MR) is 116 cm³/mol. The van der Waals surface area contributed by atoms with Crippen molar-refractivity contribution in [1.29, 1.82) is 5.41 Å². The molecule has 0 saturated heterocycles. The third-order valence-corrected chi connectivity index (χ3v) is 5.32. The van der Waals surface area contributed by atoms with Gasteiger partial charge in [0.15, 0.2) is 11.5 Å². The summed E-state index contributed by atoms with van der Waals surface area (Å²) in [5, 5.41) is 16.3. The maximum Gasteiger partial charge on any atom is 0.223 e. The van der Waals surface area contributed by atoms with E-state index >= 15 is 0 Å². The molecule has 8 nitrogen and oxygen atoms in total. The average molecular weight is 426 g/mol. The van der Waals surface area contributed by atoms with Crippen molar-refractivity contribution in [3.05, 3.63) is 47.9 Å². The molecule has 0 saturated carbocycles. The lowest BCUT2D eigenvalue weighted by Gasteiger charge is -2.25. The van der Waals surface area contributed by atoms with Crippen molar-refractivity contribution in [2.24, 2.45) is 0 Å². The van der Waals surface area contributed by atoms with Crippen LogP contribution in [-0.2, 0) is 0 Å². The van der Waals surface area contributed by atoms with E-state index in [1.165, 1.54) is 11.8 Å². The number of nitrogens with zero attached hydrogens (tertiary/aromatic N) is 2. The van der Waals surface area contributed by atoms with Crippen LogP contribution in [0.3, 0.4) is 0 Å². The van der Waals surface area contributed by atoms with Crippen molar-refractivity contribution < 1.29 is 18.7 Å². The molecule has 1 atom stereocenters. The van der Waals surface area contributed by atoms with Gasteiger partial charge >= 0.3 is 0 Å². The van der Waals surface area contributed by atoms with Gasteiger partial charge in [0, 0.05) is 18.2 Å². The Balaban J connectivity index is 1.63. The summed E-state index contributed by atoms with van der Waals surface area (Å²) < 4.78 is 22.0. The molecule has 0 aliphatic carbocycles. The van der Waals surface area contributed by atoms with Crippen LogP contribution >= 0.6 is 11.8 Å². The van der Waals surface area contributed by atoms with E-state index in [9.17, 15) is 0 Å². The van der Waals surface area contributed by atoms with Gasteiger partial charge in [-0.05, 0) is 48.2 Å². The Hall–Kier alpha value is -3.20. The van der Waals surface area contributed by atoms with Crippen molar-refractivity contribution in [3.8, 4) is 28.6 Å². The van der Waals surface area contributed by atoms with Crippen molar-refractivity contribution >= 4 is 22.5 Å². The molecule has 1 aromatic heterocycles. The van der Waals surface area contributed by atoms with Gasteiger partial charge in [-0.1, -0.05) is 5.16 Å². The molecule has 1 unspecified atom stereocenters. The van der Waals surface area contributed by atoms with E-state index in [2.05, 4.69) is 15.5 Å². The van der Waals surface area contributed by atoms with Gasteiger partial charge in [-0.25, -0.2) is 0 Å². The number of hydrogen-bond donors (Lipinski definition) is 2. The van der Waals surface area contributed by atoms with E-state index in [1.807, 2.05) is 42.7 Å². The second-order valence-electron chi connectivity index (χ2n) is 6.61. The molecule has 0 spiro atoms. The molecule has 2 N–H and O–H groups in total. The van der Waals surface area contributed by atoms with Crippen LogP contribution in [0.5, 0.6) is 17.2 Å². The fourth-order valence-electron chi connectivity index (χ4n) is 3.18. The number of ether oxygens (including phenoxy) is 3. The second kappa shape index (κ2) is 8.66. The van der Waals surface area contributed by atoms with Crippen LogP contribution in [0, 0.1) is 12.3 Å². The summed E-state index contributed by atoms with van der Waals surface area (Å²) in [5.41, 5.74) is 2.57. The first kappa shape index (κ1) is 20.1. The van der Waals surface area contributed by atoms with Gasteiger partial charge in [0.2, 0.25) is 17.5 Å². The zero-order valence-electron chi connectivity index (χ0n) is 16.9. The largest absolute Gasteiger partial charge is 0.493 e. The first-order valence-corrected chi connectivity index (χ1v) is 10.6. The van der Waals surface area contributed by atoms with Crippen LogP contribution < -0.4 is 19.5 Å². The summed E-state index contributed by atoms with van der Waals surface area (Å²) >= 11 is 1.38. The number of rotatable bonds is 6. The monoisotopic (exact) mass is 426 g/mol. The number of fused-ring (bicyclic) bond motifs is 1. The number of aromatic nitrogens is 2. The maximum atomic E-state index is 8.48. The normalized spacial score (nSPS) is 13.6. The summed E-state index contributed by atoms with van der Waals surface area (Å²) in [5.74, 6) is 2.88. The van der Waals surface area contributed by atoms with Crippen LogP contribution in [0.1, 0.15) is 17.5 Å². The quantitative estimate of drug-likeness (QED) is 0.444. The number of anilines is 1. The summed E-state index contributed by atoms with van der Waals surface area (Å²) in [6.07, 6.45) is 1.88. The molecule has 30 heavy (non-hydrogen) atoms. The van der Waals surface area contributed by atoms with Crippen molar-refractivity contribution in [2.45, 2.75) is 13.0 Å². The van der Waals surface area contributed by atoms with Crippen molar-refractivity contribution in [3.63, 3.8) is 0 Å². The van der Waals surface area contributed by atoms with Crippen molar-refractivity contribution in [2.75, 3.05) is 31.9 Å². The SMILES string of the molecule is COc1cc(C(Nc2ccc(-c3noc(C)n3)cc2)C(=N)SC)cc2c1OCCO2. The first-order chi connectivity index (χ1) is 14.6. The highest BCUT2D eigenvalue weighted by molar-refractivity contribution is 8.13. The van der Waals surface area contributed by atoms with E-state index in [0.717, 1.165) is 16.8 Å². The van der Waals surface area contributed by atoms with Crippen LogP contribution in [0.25, 0.3) is 11.4 Å². The number of hydrogen-bond acceptors (Lipinski definition) is 9. The Morgan fingerprint density at radius 2 is 1.97 bits per heavy atom. The Labute approximate surface area is 178 Å². The summed E-state index contributed by atoms with van der Waals surface area (Å²) in [4.78, 5) is 4.25. The molecule has 2 heterocycles. The third kappa shape index (κ3) is 4.06. The smallest absolute Gasteiger partial charge is 0.223 e. The fourth-order valence-corrected chi connectivity index (χ4v) is 3.61. The molecule has 156 valence electrons. The highest BCUT2D eigenvalue weighted by atomic mass is 32.2. The maximum absolute atomic E-state index is 8.48. The molecule has 0 radical (unpaired) electrons. The van der Waals surface area contributed by atoms with E-state index < -0.39 is 0 Å². The number of methoxy groups -OCH3 is 1. The minimum atomic E-state index is -0.372. The lowest BCUT2D eigenvalue weighted by Crippen LogP contribution is -2.20. The summed E-state index contributed by atoms with van der Waals surface area (Å²) in [7, 11) is 1.60. The molecule has 1 aliphatic rings. The lowest BCUT2D eigenvalue weighted by atomic mass is 10.0. The second-order valence-corrected chi connectivity index (χ2v) is 7.46. The molecule has 2 aromatic carbocycles.